The van der Waals surface area contributed by atoms with E-state index in [1.807, 2.05) is 33.9 Å². The lowest BCUT2D eigenvalue weighted by Gasteiger charge is -2.13. The average Bonchev–Trinajstić information content (AvgIpc) is 3.08. The number of aromatic nitrogens is 2. The van der Waals surface area contributed by atoms with Crippen molar-refractivity contribution in [1.29, 1.82) is 0 Å². The van der Waals surface area contributed by atoms with E-state index in [1.54, 1.807) is 54.3 Å². The van der Waals surface area contributed by atoms with Crippen molar-refractivity contribution in [2.75, 3.05) is 25.6 Å². The van der Waals surface area contributed by atoms with Gasteiger partial charge in [-0.15, -0.1) is 0 Å². The first-order chi connectivity index (χ1) is 16.3. The zero-order valence-corrected chi connectivity index (χ0v) is 20.0. The van der Waals surface area contributed by atoms with Crippen LogP contribution in [0, 0.1) is 13.8 Å². The highest BCUT2D eigenvalue weighted by Crippen LogP contribution is 2.29. The Morgan fingerprint density at radius 1 is 1.06 bits per heavy atom. The van der Waals surface area contributed by atoms with Crippen LogP contribution in [0.15, 0.2) is 48.5 Å². The number of hydrogen-bond acceptors (Lipinski definition) is 6. The highest BCUT2D eigenvalue weighted by atomic mass is 16.5. The summed E-state index contributed by atoms with van der Waals surface area (Å²) in [4.78, 5) is 25.0. The molecule has 0 radical (unpaired) electrons. The van der Waals surface area contributed by atoms with Gasteiger partial charge in [0.2, 0.25) is 0 Å². The summed E-state index contributed by atoms with van der Waals surface area (Å²) in [7, 11) is 3.35. The van der Waals surface area contributed by atoms with Gasteiger partial charge in [0.05, 0.1) is 30.7 Å². The number of aryl methyl sites for hydroxylation is 2. The van der Waals surface area contributed by atoms with Gasteiger partial charge in [0.25, 0.3) is 5.91 Å². The Hall–Kier alpha value is -4.07. The fourth-order valence-corrected chi connectivity index (χ4v) is 3.48. The second kappa shape index (κ2) is 11.2. The summed E-state index contributed by atoms with van der Waals surface area (Å²) in [5.74, 6) is 1.03. The van der Waals surface area contributed by atoms with Crippen LogP contribution in [0.5, 0.6) is 17.2 Å². The molecule has 0 aliphatic rings. The van der Waals surface area contributed by atoms with E-state index in [0.29, 0.717) is 40.8 Å². The average molecular weight is 464 g/mol. The Morgan fingerprint density at radius 2 is 1.82 bits per heavy atom. The molecule has 8 heteroatoms. The minimum absolute atomic E-state index is 0.116. The van der Waals surface area contributed by atoms with E-state index in [-0.39, 0.29) is 18.3 Å². The number of ether oxygens (including phenoxy) is 3. The van der Waals surface area contributed by atoms with Gasteiger partial charge >= 0.3 is 0 Å². The van der Waals surface area contributed by atoms with Crippen molar-refractivity contribution in [3.8, 4) is 17.2 Å². The SMILES string of the molecule is CCOc1cc(/C=C/C(=O)c2c(C)nn(C)c2C)ccc1OCC(=O)Nc1ccccc1OC. The summed E-state index contributed by atoms with van der Waals surface area (Å²) < 4.78 is 18.3. The maximum atomic E-state index is 12.7. The van der Waals surface area contributed by atoms with Gasteiger partial charge < -0.3 is 19.5 Å². The number of hydrogen-bond donors (Lipinski definition) is 1. The molecule has 0 saturated heterocycles. The molecule has 1 aromatic heterocycles. The van der Waals surface area contributed by atoms with Crippen molar-refractivity contribution in [3.63, 3.8) is 0 Å². The normalized spacial score (nSPS) is 10.9. The fraction of sp³-hybridized carbons (Fsp3) is 0.269. The highest BCUT2D eigenvalue weighted by Gasteiger charge is 2.15. The molecule has 0 spiro atoms. The third-order valence-electron chi connectivity index (χ3n) is 5.19. The van der Waals surface area contributed by atoms with E-state index in [0.717, 1.165) is 11.3 Å². The maximum Gasteiger partial charge on any atom is 0.262 e. The van der Waals surface area contributed by atoms with E-state index in [4.69, 9.17) is 14.2 Å². The third-order valence-corrected chi connectivity index (χ3v) is 5.19. The predicted octanol–water partition coefficient (Wildman–Crippen LogP) is 4.36. The number of anilines is 1. The van der Waals surface area contributed by atoms with E-state index in [2.05, 4.69) is 10.4 Å². The number of benzene rings is 2. The third kappa shape index (κ3) is 5.83. The minimum atomic E-state index is -0.330. The summed E-state index contributed by atoms with van der Waals surface area (Å²) in [6, 6.07) is 12.4. The van der Waals surface area contributed by atoms with Crippen LogP contribution in [0.1, 0.15) is 34.2 Å². The molecule has 3 rings (SSSR count). The van der Waals surface area contributed by atoms with E-state index >= 15 is 0 Å². The van der Waals surface area contributed by atoms with Crippen LogP contribution in [0.2, 0.25) is 0 Å². The van der Waals surface area contributed by atoms with Crippen molar-refractivity contribution >= 4 is 23.5 Å². The molecule has 3 aromatic rings. The van der Waals surface area contributed by atoms with Gasteiger partial charge in [-0.1, -0.05) is 24.3 Å². The lowest BCUT2D eigenvalue weighted by molar-refractivity contribution is -0.118. The van der Waals surface area contributed by atoms with Gasteiger partial charge in [-0.3, -0.25) is 14.3 Å². The maximum absolute atomic E-state index is 12.7. The predicted molar refractivity (Wildman–Crippen MR) is 131 cm³/mol. The number of para-hydroxylation sites is 2. The Balaban J connectivity index is 1.69. The number of nitrogens with zero attached hydrogens (tertiary/aromatic N) is 2. The van der Waals surface area contributed by atoms with Crippen LogP contribution in [0.4, 0.5) is 5.69 Å². The molecule has 8 nitrogen and oxygen atoms in total. The van der Waals surface area contributed by atoms with E-state index in [9.17, 15) is 9.59 Å². The smallest absolute Gasteiger partial charge is 0.262 e. The number of nitrogens with one attached hydrogen (secondary N) is 1. The molecule has 0 fully saturated rings. The van der Waals surface area contributed by atoms with Crippen LogP contribution >= 0.6 is 0 Å². The van der Waals surface area contributed by atoms with E-state index in [1.165, 1.54) is 6.08 Å². The molecule has 0 unspecified atom stereocenters. The van der Waals surface area contributed by atoms with Crippen LogP contribution < -0.4 is 19.5 Å². The zero-order chi connectivity index (χ0) is 24.7. The van der Waals surface area contributed by atoms with Gasteiger partial charge in [0.1, 0.15) is 5.75 Å². The second-order valence-corrected chi connectivity index (χ2v) is 7.54. The van der Waals surface area contributed by atoms with Gasteiger partial charge in [-0.05, 0) is 56.7 Å². The van der Waals surface area contributed by atoms with Gasteiger partial charge in [0.15, 0.2) is 23.9 Å². The Morgan fingerprint density at radius 3 is 2.50 bits per heavy atom. The number of rotatable bonds is 10. The summed E-state index contributed by atoms with van der Waals surface area (Å²) in [6.07, 6.45) is 3.23. The van der Waals surface area contributed by atoms with Crippen LogP contribution in [0.3, 0.4) is 0 Å². The molecular weight excluding hydrogens is 434 g/mol. The molecule has 0 aliphatic carbocycles. The standard InChI is InChI=1S/C26H29N3O5/c1-6-33-24-15-19(11-13-21(30)26-17(2)28-29(4)18(26)3)12-14-23(24)34-16-25(31)27-20-9-7-8-10-22(20)32-5/h7-15H,6,16H2,1-5H3,(H,27,31)/b13-11+. The number of carbonyl (C=O) groups excluding carboxylic acids is 2. The fourth-order valence-electron chi connectivity index (χ4n) is 3.48. The summed E-state index contributed by atoms with van der Waals surface area (Å²) >= 11 is 0. The Kier molecular flexibility index (Phi) is 8.08. The molecule has 34 heavy (non-hydrogen) atoms. The van der Waals surface area contributed by atoms with Crippen molar-refractivity contribution in [2.24, 2.45) is 7.05 Å². The Labute approximate surface area is 199 Å². The van der Waals surface area contributed by atoms with Crippen LogP contribution in [-0.4, -0.2) is 41.8 Å². The topological polar surface area (TPSA) is 91.7 Å². The van der Waals surface area contributed by atoms with Crippen molar-refractivity contribution < 1.29 is 23.8 Å². The molecule has 2 aromatic carbocycles. The molecule has 0 saturated carbocycles. The summed E-state index contributed by atoms with van der Waals surface area (Å²) in [6.45, 7) is 5.76. The molecule has 0 atom stereocenters. The molecule has 1 N–H and O–H groups in total. The van der Waals surface area contributed by atoms with Gasteiger partial charge in [-0.2, -0.15) is 5.10 Å². The molecule has 0 aliphatic heterocycles. The summed E-state index contributed by atoms with van der Waals surface area (Å²) in [5.41, 5.74) is 3.44. The first-order valence-electron chi connectivity index (χ1n) is 10.9. The first-order valence-corrected chi connectivity index (χ1v) is 10.9. The first kappa shape index (κ1) is 24.6. The number of carbonyl (C=O) groups is 2. The quantitative estimate of drug-likeness (QED) is 0.355. The van der Waals surface area contributed by atoms with Crippen LogP contribution in [0.25, 0.3) is 6.08 Å². The molecule has 178 valence electrons. The number of ketones is 1. The van der Waals surface area contributed by atoms with Crippen LogP contribution in [-0.2, 0) is 11.8 Å². The van der Waals surface area contributed by atoms with Gasteiger partial charge in [-0.25, -0.2) is 0 Å². The minimum Gasteiger partial charge on any atom is -0.495 e. The van der Waals surface area contributed by atoms with Crippen molar-refractivity contribution in [1.82, 2.24) is 9.78 Å². The molecule has 1 heterocycles. The van der Waals surface area contributed by atoms with Crippen molar-refractivity contribution in [2.45, 2.75) is 20.8 Å². The lowest BCUT2D eigenvalue weighted by Crippen LogP contribution is -2.20. The van der Waals surface area contributed by atoms with E-state index < -0.39 is 0 Å². The molecule has 0 bridgehead atoms. The number of allylic oxidation sites excluding steroid dienone is 1. The molecule has 1 amide bonds. The van der Waals surface area contributed by atoms with Gasteiger partial charge in [0, 0.05) is 12.7 Å². The number of amides is 1. The zero-order valence-electron chi connectivity index (χ0n) is 20.0. The summed E-state index contributed by atoms with van der Waals surface area (Å²) in [5, 5.41) is 7.06. The highest BCUT2D eigenvalue weighted by molar-refractivity contribution is 6.08. The molecular formula is C26H29N3O5. The monoisotopic (exact) mass is 463 g/mol. The number of methoxy groups -OCH3 is 1. The lowest BCUT2D eigenvalue weighted by atomic mass is 10.1. The van der Waals surface area contributed by atoms with Crippen molar-refractivity contribution in [3.05, 3.63) is 71.1 Å². The second-order valence-electron chi connectivity index (χ2n) is 7.54. The largest absolute Gasteiger partial charge is 0.495 e. The Bertz CT molecular complexity index is 1210.